The van der Waals surface area contributed by atoms with Gasteiger partial charge < -0.3 is 25.0 Å². The summed E-state index contributed by atoms with van der Waals surface area (Å²) < 4.78 is 5.80. The number of nitrogens with zero attached hydrogens (tertiary/aromatic N) is 1. The Kier molecular flexibility index (Phi) is 5.91. The minimum atomic E-state index is -0.908. The van der Waals surface area contributed by atoms with Crippen molar-refractivity contribution in [3.8, 4) is 5.75 Å². The van der Waals surface area contributed by atoms with Gasteiger partial charge in [0.05, 0.1) is 0 Å². The first-order valence-electron chi connectivity index (χ1n) is 10.0. The number of hydrogen-bond donors (Lipinski definition) is 3. The largest absolute Gasteiger partial charge is 0.503 e. The first kappa shape index (κ1) is 19.9. The molecule has 3 aromatic rings. The van der Waals surface area contributed by atoms with Gasteiger partial charge in [-0.25, -0.2) is 0 Å². The third kappa shape index (κ3) is 4.42. The van der Waals surface area contributed by atoms with Crippen molar-refractivity contribution in [1.29, 1.82) is 0 Å². The number of hydrogen-bond acceptors (Lipinski definition) is 5. The zero-order valence-electron chi connectivity index (χ0n) is 16.6. The van der Waals surface area contributed by atoms with Crippen LogP contribution in [0.15, 0.2) is 84.7 Å². The zero-order chi connectivity index (χ0) is 20.9. The maximum absolute atomic E-state index is 10.6. The van der Waals surface area contributed by atoms with Crippen LogP contribution in [0.2, 0.25) is 0 Å². The Bertz CT molecular complexity index is 1010. The lowest BCUT2D eigenvalue weighted by Crippen LogP contribution is -2.37. The Morgan fingerprint density at radius 2 is 1.53 bits per heavy atom. The number of fused-ring (bicyclic) bond motifs is 1. The highest BCUT2D eigenvalue weighted by Crippen LogP contribution is 2.30. The highest BCUT2D eigenvalue weighted by molar-refractivity contribution is 5.65. The number of aliphatic hydroxyl groups is 3. The maximum Gasteiger partial charge on any atom is 0.233 e. The highest BCUT2D eigenvalue weighted by Gasteiger charge is 2.28. The lowest BCUT2D eigenvalue weighted by molar-refractivity contribution is -0.0170. The number of aliphatic hydroxyl groups excluding tert-OH is 3. The van der Waals surface area contributed by atoms with E-state index in [1.54, 1.807) is 6.07 Å². The summed E-state index contributed by atoms with van der Waals surface area (Å²) in [4.78, 5) is 1.43. The summed E-state index contributed by atoms with van der Waals surface area (Å²) in [5.41, 5.74) is 3.64. The average molecular weight is 403 g/mol. The minimum Gasteiger partial charge on any atom is -0.503 e. The van der Waals surface area contributed by atoms with E-state index >= 15 is 0 Å². The van der Waals surface area contributed by atoms with E-state index in [9.17, 15) is 15.3 Å². The van der Waals surface area contributed by atoms with Crippen molar-refractivity contribution in [2.24, 2.45) is 0 Å². The normalized spacial score (nSPS) is 14.4. The van der Waals surface area contributed by atoms with E-state index in [1.165, 1.54) is 4.90 Å². The molecule has 154 valence electrons. The van der Waals surface area contributed by atoms with Gasteiger partial charge in [-0.1, -0.05) is 66.7 Å². The Balaban J connectivity index is 1.33. The quantitative estimate of drug-likeness (QED) is 0.530. The van der Waals surface area contributed by atoms with E-state index < -0.39 is 6.23 Å². The molecule has 1 atom stereocenters. The summed E-state index contributed by atoms with van der Waals surface area (Å²) in [6, 6.07) is 25.1. The first-order chi connectivity index (χ1) is 14.6. The number of rotatable bonds is 7. The molecule has 0 fully saturated rings. The smallest absolute Gasteiger partial charge is 0.233 e. The number of benzene rings is 3. The van der Waals surface area contributed by atoms with Crippen LogP contribution < -0.4 is 4.74 Å². The van der Waals surface area contributed by atoms with Crippen molar-refractivity contribution in [2.45, 2.75) is 32.2 Å². The molecule has 0 amide bonds. The molecule has 0 bridgehead atoms. The number of ether oxygens (including phenoxy) is 1. The van der Waals surface area contributed by atoms with Crippen LogP contribution in [0.3, 0.4) is 0 Å². The van der Waals surface area contributed by atoms with Gasteiger partial charge in [0, 0.05) is 12.1 Å². The fourth-order valence-corrected chi connectivity index (χ4v) is 3.60. The molecule has 0 radical (unpaired) electrons. The van der Waals surface area contributed by atoms with Gasteiger partial charge >= 0.3 is 0 Å². The molecule has 30 heavy (non-hydrogen) atoms. The van der Waals surface area contributed by atoms with Crippen molar-refractivity contribution in [3.63, 3.8) is 0 Å². The molecule has 0 spiro atoms. The summed E-state index contributed by atoms with van der Waals surface area (Å²) >= 11 is 0. The van der Waals surface area contributed by atoms with Crippen LogP contribution in [0, 0.1) is 0 Å². The fraction of sp³-hybridized carbons (Fsp3) is 0.200. The molecule has 5 nitrogen and oxygen atoms in total. The Morgan fingerprint density at radius 1 is 0.833 bits per heavy atom. The molecule has 3 N–H and O–H groups in total. The number of aryl methyl sites for hydroxylation is 1. The molecular weight excluding hydrogens is 378 g/mol. The lowest BCUT2D eigenvalue weighted by Gasteiger charge is -2.33. The van der Waals surface area contributed by atoms with E-state index in [1.807, 2.05) is 72.8 Å². The van der Waals surface area contributed by atoms with Crippen LogP contribution in [0.5, 0.6) is 5.75 Å². The molecule has 5 heteroatoms. The van der Waals surface area contributed by atoms with Crippen molar-refractivity contribution >= 4 is 5.76 Å². The predicted molar refractivity (Wildman–Crippen MR) is 116 cm³/mol. The van der Waals surface area contributed by atoms with E-state index in [2.05, 4.69) is 0 Å². The van der Waals surface area contributed by atoms with Gasteiger partial charge in [0.15, 0.2) is 5.76 Å². The third-order valence-electron chi connectivity index (χ3n) is 5.32. The van der Waals surface area contributed by atoms with Gasteiger partial charge in [-0.3, -0.25) is 0 Å². The Morgan fingerprint density at radius 3 is 2.30 bits per heavy atom. The summed E-state index contributed by atoms with van der Waals surface area (Å²) in [6.07, 6.45) is 0.144. The highest BCUT2D eigenvalue weighted by atomic mass is 16.5. The van der Waals surface area contributed by atoms with Crippen molar-refractivity contribution in [1.82, 2.24) is 4.90 Å². The molecule has 0 saturated carbocycles. The third-order valence-corrected chi connectivity index (χ3v) is 5.32. The Hall–Kier alpha value is -3.44. The van der Waals surface area contributed by atoms with E-state index in [0.29, 0.717) is 31.6 Å². The molecule has 0 aliphatic carbocycles. The van der Waals surface area contributed by atoms with Crippen LogP contribution >= 0.6 is 0 Å². The monoisotopic (exact) mass is 403 g/mol. The SMILES string of the molecule is OC1=C(O)N(C(O)CCc2ccc(OCc3ccccc3)cc2)Cc2ccccc21. The van der Waals surface area contributed by atoms with E-state index in [-0.39, 0.29) is 11.6 Å². The second kappa shape index (κ2) is 8.93. The van der Waals surface area contributed by atoms with Crippen molar-refractivity contribution < 1.29 is 20.1 Å². The summed E-state index contributed by atoms with van der Waals surface area (Å²) in [7, 11) is 0. The summed E-state index contributed by atoms with van der Waals surface area (Å²) in [6.45, 7) is 0.865. The predicted octanol–water partition coefficient (Wildman–Crippen LogP) is 4.77. The van der Waals surface area contributed by atoms with Crippen molar-refractivity contribution in [3.05, 3.63) is 107 Å². The van der Waals surface area contributed by atoms with Gasteiger partial charge in [0.25, 0.3) is 0 Å². The lowest BCUT2D eigenvalue weighted by atomic mass is 10.0. The molecule has 0 aromatic heterocycles. The van der Waals surface area contributed by atoms with E-state index in [4.69, 9.17) is 4.74 Å². The molecule has 3 aromatic carbocycles. The van der Waals surface area contributed by atoms with Gasteiger partial charge in [0.2, 0.25) is 5.88 Å². The molecule has 1 aliphatic rings. The first-order valence-corrected chi connectivity index (χ1v) is 10.0. The van der Waals surface area contributed by atoms with Crippen LogP contribution in [0.1, 0.15) is 28.7 Å². The molecule has 1 unspecified atom stereocenters. The zero-order valence-corrected chi connectivity index (χ0v) is 16.6. The maximum atomic E-state index is 10.6. The van der Waals surface area contributed by atoms with Crippen LogP contribution in [-0.4, -0.2) is 26.4 Å². The van der Waals surface area contributed by atoms with Gasteiger partial charge in [-0.05, 0) is 41.7 Å². The fourth-order valence-electron chi connectivity index (χ4n) is 3.60. The van der Waals surface area contributed by atoms with Crippen LogP contribution in [0.25, 0.3) is 5.76 Å². The van der Waals surface area contributed by atoms with Crippen molar-refractivity contribution in [2.75, 3.05) is 0 Å². The second-order valence-corrected chi connectivity index (χ2v) is 7.39. The van der Waals surface area contributed by atoms with Gasteiger partial charge in [0.1, 0.15) is 18.6 Å². The van der Waals surface area contributed by atoms with E-state index in [0.717, 1.165) is 22.4 Å². The minimum absolute atomic E-state index is 0.198. The standard InChI is InChI=1S/C25H25NO4/c27-23(26-16-20-8-4-5-9-22(20)24(28)25(26)29)15-12-18-10-13-21(14-11-18)30-17-19-6-2-1-3-7-19/h1-11,13-14,23,27-29H,12,15-17H2. The molecule has 4 rings (SSSR count). The van der Waals surface area contributed by atoms with Crippen LogP contribution in [-0.2, 0) is 19.6 Å². The Labute approximate surface area is 176 Å². The van der Waals surface area contributed by atoms with Gasteiger partial charge in [-0.2, -0.15) is 0 Å². The molecule has 1 aliphatic heterocycles. The summed E-state index contributed by atoms with van der Waals surface area (Å²) in [5, 5.41) is 31.2. The topological polar surface area (TPSA) is 73.2 Å². The molecule has 1 heterocycles. The van der Waals surface area contributed by atoms with Crippen LogP contribution in [0.4, 0.5) is 0 Å². The molecule has 0 saturated heterocycles. The molecular formula is C25H25NO4. The summed E-state index contributed by atoms with van der Waals surface area (Å²) in [5.74, 6) is 0.308. The average Bonchev–Trinajstić information content (AvgIpc) is 2.80. The second-order valence-electron chi connectivity index (χ2n) is 7.39. The van der Waals surface area contributed by atoms with Gasteiger partial charge in [-0.15, -0.1) is 0 Å².